The van der Waals surface area contributed by atoms with E-state index in [1.807, 2.05) is 0 Å². The molecular weight excluding hydrogens is 239 g/mol. The Labute approximate surface area is 102 Å². The third-order valence-electron chi connectivity index (χ3n) is 2.30. The number of ether oxygens (including phenoxy) is 1. The first-order valence-corrected chi connectivity index (χ1v) is 5.21. The molecule has 0 radical (unpaired) electrons. The maximum Gasteiger partial charge on any atom is 0.405 e. The second-order valence-electron chi connectivity index (χ2n) is 3.56. The summed E-state index contributed by atoms with van der Waals surface area (Å²) in [5.41, 5.74) is 5.62. The van der Waals surface area contributed by atoms with Crippen LogP contribution in [0, 0.1) is 5.82 Å². The Bertz CT molecular complexity index is 512. The molecule has 94 valence electrons. The minimum absolute atomic E-state index is 0.210. The van der Waals surface area contributed by atoms with Crippen LogP contribution in [0.2, 0.25) is 0 Å². The number of primary amides is 1. The fourth-order valence-corrected chi connectivity index (χ4v) is 1.51. The lowest BCUT2D eigenvalue weighted by Gasteiger charge is -2.16. The third kappa shape index (κ3) is 3.03. The molecule has 1 aromatic heterocycles. The van der Waals surface area contributed by atoms with Crippen molar-refractivity contribution < 1.29 is 13.9 Å². The largest absolute Gasteiger partial charge is 0.439 e. The molecule has 1 heterocycles. The molecule has 0 bridgehead atoms. The van der Waals surface area contributed by atoms with Crippen molar-refractivity contribution in [2.45, 2.75) is 12.6 Å². The summed E-state index contributed by atoms with van der Waals surface area (Å²) in [6, 6.07) is 5.60. The number of hydrogen-bond acceptors (Lipinski definition) is 4. The van der Waals surface area contributed by atoms with Crippen LogP contribution >= 0.6 is 0 Å². The van der Waals surface area contributed by atoms with Crippen LogP contribution in [-0.2, 0) is 11.3 Å². The van der Waals surface area contributed by atoms with Crippen LogP contribution in [0.4, 0.5) is 9.18 Å². The van der Waals surface area contributed by atoms with Crippen LogP contribution in [-0.4, -0.2) is 21.1 Å². The molecule has 18 heavy (non-hydrogen) atoms. The topological polar surface area (TPSA) is 83.0 Å². The fraction of sp³-hybridized carbons (Fsp3) is 0.182. The van der Waals surface area contributed by atoms with Gasteiger partial charge in [0.2, 0.25) is 0 Å². The minimum Gasteiger partial charge on any atom is -0.439 e. The summed E-state index contributed by atoms with van der Waals surface area (Å²) >= 11 is 0. The van der Waals surface area contributed by atoms with Crippen molar-refractivity contribution in [3.05, 3.63) is 48.0 Å². The van der Waals surface area contributed by atoms with Crippen LogP contribution in [0.25, 0.3) is 0 Å². The number of carbonyl (C=O) groups excluding carboxylic acids is 1. The molecule has 1 aromatic carbocycles. The molecule has 2 rings (SSSR count). The second-order valence-corrected chi connectivity index (χ2v) is 3.56. The van der Waals surface area contributed by atoms with Crippen LogP contribution in [0.15, 0.2) is 36.7 Å². The lowest BCUT2D eigenvalue weighted by atomic mass is 10.1. The number of amides is 1. The number of halogens is 1. The summed E-state index contributed by atoms with van der Waals surface area (Å²) in [7, 11) is 0. The lowest BCUT2D eigenvalue weighted by molar-refractivity contribution is 0.0904. The van der Waals surface area contributed by atoms with Gasteiger partial charge in [-0.05, 0) is 17.7 Å². The number of nitrogens with zero attached hydrogens (tertiary/aromatic N) is 3. The van der Waals surface area contributed by atoms with Crippen LogP contribution in [0.1, 0.15) is 11.7 Å². The van der Waals surface area contributed by atoms with Gasteiger partial charge >= 0.3 is 6.09 Å². The first-order valence-electron chi connectivity index (χ1n) is 5.21. The van der Waals surface area contributed by atoms with E-state index in [0.29, 0.717) is 5.56 Å². The Morgan fingerprint density at radius 2 is 1.94 bits per heavy atom. The van der Waals surface area contributed by atoms with E-state index in [1.165, 1.54) is 41.5 Å². The summed E-state index contributed by atoms with van der Waals surface area (Å²) < 4.78 is 17.8. The maximum absolute atomic E-state index is 12.8. The van der Waals surface area contributed by atoms with Crippen molar-refractivity contribution in [1.82, 2.24) is 15.0 Å². The van der Waals surface area contributed by atoms with Gasteiger partial charge in [-0.15, -0.1) is 0 Å². The zero-order valence-electron chi connectivity index (χ0n) is 9.36. The average molecular weight is 250 g/mol. The predicted molar refractivity (Wildman–Crippen MR) is 59.8 cm³/mol. The van der Waals surface area contributed by atoms with E-state index in [1.54, 1.807) is 0 Å². The van der Waals surface area contributed by atoms with Crippen molar-refractivity contribution in [1.29, 1.82) is 0 Å². The number of carbonyl (C=O) groups is 1. The Hall–Kier alpha value is -2.44. The molecule has 1 unspecified atom stereocenters. The van der Waals surface area contributed by atoms with E-state index in [4.69, 9.17) is 10.5 Å². The molecule has 1 amide bonds. The summed E-state index contributed by atoms with van der Waals surface area (Å²) in [6.07, 6.45) is 1.45. The van der Waals surface area contributed by atoms with Gasteiger partial charge in [0, 0.05) is 0 Å². The molecule has 1 atom stereocenters. The first-order chi connectivity index (χ1) is 8.65. The van der Waals surface area contributed by atoms with Gasteiger partial charge in [0.15, 0.2) is 0 Å². The predicted octanol–water partition coefficient (Wildman–Crippen LogP) is 1.25. The van der Waals surface area contributed by atoms with Gasteiger partial charge in [0.1, 0.15) is 18.5 Å². The van der Waals surface area contributed by atoms with E-state index in [0.717, 1.165) is 0 Å². The van der Waals surface area contributed by atoms with Crippen LogP contribution in [0.3, 0.4) is 0 Å². The van der Waals surface area contributed by atoms with Crippen LogP contribution in [0.5, 0.6) is 0 Å². The Balaban J connectivity index is 2.19. The SMILES string of the molecule is NC(=O)OC(Cn1nccn1)c1ccc(F)cc1. The number of aromatic nitrogens is 3. The van der Waals surface area contributed by atoms with Crippen molar-refractivity contribution in [3.8, 4) is 0 Å². The fourth-order valence-electron chi connectivity index (χ4n) is 1.51. The van der Waals surface area contributed by atoms with E-state index in [9.17, 15) is 9.18 Å². The normalized spacial score (nSPS) is 12.1. The van der Waals surface area contributed by atoms with Gasteiger partial charge in [-0.2, -0.15) is 15.0 Å². The highest BCUT2D eigenvalue weighted by molar-refractivity contribution is 5.65. The highest BCUT2D eigenvalue weighted by Gasteiger charge is 2.16. The number of benzene rings is 1. The van der Waals surface area contributed by atoms with E-state index in [-0.39, 0.29) is 12.4 Å². The van der Waals surface area contributed by atoms with Crippen molar-refractivity contribution in [2.75, 3.05) is 0 Å². The Kier molecular flexibility index (Phi) is 3.52. The monoisotopic (exact) mass is 250 g/mol. The summed E-state index contributed by atoms with van der Waals surface area (Å²) in [6.45, 7) is 0.210. The molecular formula is C11H11FN4O2. The molecule has 7 heteroatoms. The highest BCUT2D eigenvalue weighted by Crippen LogP contribution is 2.19. The second kappa shape index (κ2) is 5.26. The molecule has 0 fully saturated rings. The van der Waals surface area contributed by atoms with Gasteiger partial charge in [0.25, 0.3) is 0 Å². The van der Waals surface area contributed by atoms with E-state index < -0.39 is 12.2 Å². The van der Waals surface area contributed by atoms with Crippen molar-refractivity contribution in [2.24, 2.45) is 5.73 Å². The minimum atomic E-state index is -0.906. The molecule has 6 nitrogen and oxygen atoms in total. The van der Waals surface area contributed by atoms with Gasteiger partial charge < -0.3 is 10.5 Å². The number of rotatable bonds is 4. The van der Waals surface area contributed by atoms with Crippen molar-refractivity contribution in [3.63, 3.8) is 0 Å². The molecule has 0 aliphatic carbocycles. The van der Waals surface area contributed by atoms with Gasteiger partial charge in [-0.1, -0.05) is 12.1 Å². The highest BCUT2D eigenvalue weighted by atomic mass is 19.1. The summed E-state index contributed by atoms with van der Waals surface area (Å²) in [5, 5.41) is 7.81. The molecule has 0 spiro atoms. The molecule has 0 saturated heterocycles. The van der Waals surface area contributed by atoms with Gasteiger partial charge in [0.05, 0.1) is 12.4 Å². The van der Waals surface area contributed by atoms with Gasteiger partial charge in [-0.25, -0.2) is 9.18 Å². The van der Waals surface area contributed by atoms with E-state index >= 15 is 0 Å². The van der Waals surface area contributed by atoms with Gasteiger partial charge in [-0.3, -0.25) is 0 Å². The Morgan fingerprint density at radius 1 is 1.33 bits per heavy atom. The zero-order valence-corrected chi connectivity index (χ0v) is 9.36. The number of hydrogen-bond donors (Lipinski definition) is 1. The molecule has 0 aliphatic rings. The summed E-state index contributed by atoms with van der Waals surface area (Å²) in [4.78, 5) is 12.2. The first kappa shape index (κ1) is 12.0. The van der Waals surface area contributed by atoms with Crippen LogP contribution < -0.4 is 5.73 Å². The maximum atomic E-state index is 12.8. The molecule has 2 N–H and O–H groups in total. The van der Waals surface area contributed by atoms with E-state index in [2.05, 4.69) is 10.2 Å². The Morgan fingerprint density at radius 3 is 2.50 bits per heavy atom. The molecule has 0 saturated carbocycles. The molecule has 0 aliphatic heterocycles. The third-order valence-corrected chi connectivity index (χ3v) is 2.30. The lowest BCUT2D eigenvalue weighted by Crippen LogP contribution is -2.22. The molecule has 2 aromatic rings. The average Bonchev–Trinajstić information content (AvgIpc) is 2.81. The summed E-state index contributed by atoms with van der Waals surface area (Å²) in [5.74, 6) is -0.367. The standard InChI is InChI=1S/C11H11FN4O2/c12-9-3-1-8(2-4-9)10(18-11(13)17)7-16-14-5-6-15-16/h1-6,10H,7H2,(H2,13,17). The zero-order chi connectivity index (χ0) is 13.0. The smallest absolute Gasteiger partial charge is 0.405 e. The number of nitrogens with two attached hydrogens (primary N) is 1. The van der Waals surface area contributed by atoms with Crippen molar-refractivity contribution >= 4 is 6.09 Å². The quantitative estimate of drug-likeness (QED) is 0.885.